The van der Waals surface area contributed by atoms with Crippen molar-refractivity contribution in [2.45, 2.75) is 26.4 Å². The molecule has 8 heteroatoms. The van der Waals surface area contributed by atoms with Gasteiger partial charge in [-0.25, -0.2) is 9.78 Å². The van der Waals surface area contributed by atoms with E-state index in [9.17, 15) is 4.79 Å². The fourth-order valence-corrected chi connectivity index (χ4v) is 3.53. The second-order valence-electron chi connectivity index (χ2n) is 7.21. The number of imidazole rings is 1. The van der Waals surface area contributed by atoms with Gasteiger partial charge in [0, 0.05) is 56.7 Å². The third-order valence-corrected chi connectivity index (χ3v) is 5.21. The molecule has 1 saturated heterocycles. The fraction of sp³-hybridized carbons (Fsp3) is 0.524. The first-order valence-electron chi connectivity index (χ1n) is 10.2. The van der Waals surface area contributed by atoms with Crippen LogP contribution in [0.4, 0.5) is 4.79 Å². The normalized spacial score (nSPS) is 14.7. The van der Waals surface area contributed by atoms with E-state index in [0.717, 1.165) is 55.7 Å². The summed E-state index contributed by atoms with van der Waals surface area (Å²) in [4.78, 5) is 21.4. The minimum absolute atomic E-state index is 0.0441. The van der Waals surface area contributed by atoms with Gasteiger partial charge in [-0.3, -0.25) is 4.90 Å². The summed E-state index contributed by atoms with van der Waals surface area (Å²) in [7, 11) is 0. The molecule has 1 aromatic heterocycles. The van der Waals surface area contributed by atoms with Crippen molar-refractivity contribution in [1.82, 2.24) is 24.7 Å². The molecule has 1 aromatic carbocycles. The standard InChI is InChI=1S/C21H30ClN5O2/c1-2-6-24-21(28)27(10-9-25-11-13-29-14-12-25)17-20-23-7-8-26(20)16-18-4-3-5-19(22)15-18/h3-5,7-8,15H,2,6,9-14,16-17H2,1H3,(H,24,28). The molecule has 0 spiro atoms. The Morgan fingerprint density at radius 2 is 2.17 bits per heavy atom. The van der Waals surface area contributed by atoms with E-state index >= 15 is 0 Å². The van der Waals surface area contributed by atoms with Crippen molar-refractivity contribution in [3.05, 3.63) is 53.1 Å². The van der Waals surface area contributed by atoms with Crippen molar-refractivity contribution >= 4 is 17.6 Å². The maximum Gasteiger partial charge on any atom is 0.317 e. The zero-order valence-corrected chi connectivity index (χ0v) is 17.8. The Morgan fingerprint density at radius 3 is 2.93 bits per heavy atom. The number of carbonyl (C=O) groups is 1. The molecule has 2 amide bonds. The number of carbonyl (C=O) groups excluding carboxylic acids is 1. The van der Waals surface area contributed by atoms with Gasteiger partial charge in [0.15, 0.2) is 0 Å². The van der Waals surface area contributed by atoms with Crippen LogP contribution in [0.15, 0.2) is 36.7 Å². The van der Waals surface area contributed by atoms with Gasteiger partial charge in [0.25, 0.3) is 0 Å². The monoisotopic (exact) mass is 419 g/mol. The molecule has 0 saturated carbocycles. The van der Waals surface area contributed by atoms with Crippen LogP contribution in [0.3, 0.4) is 0 Å². The second-order valence-corrected chi connectivity index (χ2v) is 7.65. The Labute approximate surface area is 177 Å². The highest BCUT2D eigenvalue weighted by Crippen LogP contribution is 2.14. The molecular formula is C21H30ClN5O2. The lowest BCUT2D eigenvalue weighted by Gasteiger charge is -2.30. The molecule has 1 N–H and O–H groups in total. The average molecular weight is 420 g/mol. The molecule has 0 bridgehead atoms. The van der Waals surface area contributed by atoms with Gasteiger partial charge in [0.2, 0.25) is 0 Å². The number of halogens is 1. The van der Waals surface area contributed by atoms with Crippen molar-refractivity contribution in [2.75, 3.05) is 45.9 Å². The third-order valence-electron chi connectivity index (χ3n) is 4.98. The average Bonchev–Trinajstić information content (AvgIpc) is 3.16. The summed E-state index contributed by atoms with van der Waals surface area (Å²) in [6.07, 6.45) is 4.64. The van der Waals surface area contributed by atoms with E-state index in [-0.39, 0.29) is 6.03 Å². The van der Waals surface area contributed by atoms with Crippen molar-refractivity contribution < 1.29 is 9.53 Å². The van der Waals surface area contributed by atoms with Gasteiger partial charge < -0.3 is 19.5 Å². The Balaban J connectivity index is 1.66. The smallest absolute Gasteiger partial charge is 0.317 e. The van der Waals surface area contributed by atoms with Crippen molar-refractivity contribution in [3.63, 3.8) is 0 Å². The molecule has 0 radical (unpaired) electrons. The number of hydrogen-bond donors (Lipinski definition) is 1. The van der Waals surface area contributed by atoms with Gasteiger partial charge >= 0.3 is 6.03 Å². The van der Waals surface area contributed by atoms with Crippen LogP contribution in [0.25, 0.3) is 0 Å². The highest BCUT2D eigenvalue weighted by Gasteiger charge is 2.19. The van der Waals surface area contributed by atoms with E-state index < -0.39 is 0 Å². The van der Waals surface area contributed by atoms with Crippen LogP contribution in [-0.4, -0.2) is 71.3 Å². The first-order valence-corrected chi connectivity index (χ1v) is 10.6. The number of aromatic nitrogens is 2. The molecule has 0 aliphatic carbocycles. The van der Waals surface area contributed by atoms with E-state index in [4.69, 9.17) is 16.3 Å². The summed E-state index contributed by atoms with van der Waals surface area (Å²) in [5.41, 5.74) is 1.10. The second kappa shape index (κ2) is 11.2. The van der Waals surface area contributed by atoms with Crippen molar-refractivity contribution in [3.8, 4) is 0 Å². The van der Waals surface area contributed by atoms with Crippen LogP contribution in [0.1, 0.15) is 24.7 Å². The molecule has 1 aliphatic heterocycles. The van der Waals surface area contributed by atoms with E-state index in [0.29, 0.717) is 26.2 Å². The van der Waals surface area contributed by atoms with Gasteiger partial charge in [-0.1, -0.05) is 30.7 Å². The molecular weight excluding hydrogens is 390 g/mol. The van der Waals surface area contributed by atoms with E-state index in [1.165, 1.54) is 0 Å². The summed E-state index contributed by atoms with van der Waals surface area (Å²) in [6, 6.07) is 7.76. The number of nitrogens with one attached hydrogen (secondary N) is 1. The number of urea groups is 1. The Kier molecular flexibility index (Phi) is 8.34. The Hall–Kier alpha value is -2.09. The van der Waals surface area contributed by atoms with Crippen molar-refractivity contribution in [1.29, 1.82) is 0 Å². The van der Waals surface area contributed by atoms with Crippen LogP contribution in [0, 0.1) is 0 Å². The highest BCUT2D eigenvalue weighted by atomic mass is 35.5. The third kappa shape index (κ3) is 6.73. The molecule has 2 aromatic rings. The maximum atomic E-state index is 12.7. The molecule has 3 rings (SSSR count). The van der Waals surface area contributed by atoms with Crippen LogP contribution in [0.5, 0.6) is 0 Å². The predicted molar refractivity (Wildman–Crippen MR) is 114 cm³/mol. The molecule has 2 heterocycles. The molecule has 0 unspecified atom stereocenters. The van der Waals surface area contributed by atoms with Gasteiger partial charge in [-0.05, 0) is 24.1 Å². The zero-order chi connectivity index (χ0) is 20.5. The topological polar surface area (TPSA) is 62.6 Å². The number of morpholine rings is 1. The zero-order valence-electron chi connectivity index (χ0n) is 17.0. The Bertz CT molecular complexity index is 776. The highest BCUT2D eigenvalue weighted by molar-refractivity contribution is 6.30. The lowest BCUT2D eigenvalue weighted by molar-refractivity contribution is 0.0345. The Morgan fingerprint density at radius 1 is 1.34 bits per heavy atom. The quantitative estimate of drug-likeness (QED) is 0.678. The van der Waals surface area contributed by atoms with Crippen LogP contribution in [0.2, 0.25) is 5.02 Å². The fourth-order valence-electron chi connectivity index (χ4n) is 3.32. The maximum absolute atomic E-state index is 12.7. The number of benzene rings is 1. The number of hydrogen-bond acceptors (Lipinski definition) is 4. The number of nitrogens with zero attached hydrogens (tertiary/aromatic N) is 4. The molecule has 1 fully saturated rings. The number of ether oxygens (including phenoxy) is 1. The molecule has 1 aliphatic rings. The van der Waals surface area contributed by atoms with E-state index in [1.807, 2.05) is 35.4 Å². The first-order chi connectivity index (χ1) is 14.2. The molecule has 0 atom stereocenters. The van der Waals surface area contributed by atoms with Gasteiger partial charge in [0.05, 0.1) is 19.8 Å². The molecule has 29 heavy (non-hydrogen) atoms. The lowest BCUT2D eigenvalue weighted by Crippen LogP contribution is -2.46. The summed E-state index contributed by atoms with van der Waals surface area (Å²) < 4.78 is 7.49. The number of amides is 2. The van der Waals surface area contributed by atoms with Crippen LogP contribution >= 0.6 is 11.6 Å². The predicted octanol–water partition coefficient (Wildman–Crippen LogP) is 2.84. The number of rotatable bonds is 9. The summed E-state index contributed by atoms with van der Waals surface area (Å²) in [6.45, 7) is 8.67. The van der Waals surface area contributed by atoms with E-state index in [1.54, 1.807) is 6.20 Å². The first kappa shape index (κ1) is 21.6. The van der Waals surface area contributed by atoms with Crippen molar-refractivity contribution in [2.24, 2.45) is 0 Å². The molecule has 7 nitrogen and oxygen atoms in total. The van der Waals surface area contributed by atoms with Crippen LogP contribution in [-0.2, 0) is 17.8 Å². The van der Waals surface area contributed by atoms with E-state index in [2.05, 4.69) is 26.7 Å². The summed E-state index contributed by atoms with van der Waals surface area (Å²) >= 11 is 6.11. The van der Waals surface area contributed by atoms with Gasteiger partial charge in [0.1, 0.15) is 5.82 Å². The SMILES string of the molecule is CCCNC(=O)N(CCN1CCOCC1)Cc1nccn1Cc1cccc(Cl)c1. The largest absolute Gasteiger partial charge is 0.379 e. The van der Waals surface area contributed by atoms with Gasteiger partial charge in [-0.2, -0.15) is 0 Å². The molecule has 158 valence electrons. The minimum atomic E-state index is -0.0441. The summed E-state index contributed by atoms with van der Waals surface area (Å²) in [5, 5.41) is 3.72. The summed E-state index contributed by atoms with van der Waals surface area (Å²) in [5.74, 6) is 0.860. The lowest BCUT2D eigenvalue weighted by atomic mass is 10.2. The van der Waals surface area contributed by atoms with Gasteiger partial charge in [-0.15, -0.1) is 0 Å². The minimum Gasteiger partial charge on any atom is -0.379 e. The van der Waals surface area contributed by atoms with Crippen LogP contribution < -0.4 is 5.32 Å².